The molecule has 0 aliphatic rings. The smallest absolute Gasteiger partial charge is 0.251 e. The number of carbonyl (C=O) groups is 1. The van der Waals surface area contributed by atoms with E-state index in [0.29, 0.717) is 30.2 Å². The topological polar surface area (TPSA) is 56.1 Å². The number of imidazole rings is 1. The Morgan fingerprint density at radius 2 is 1.78 bits per heavy atom. The van der Waals surface area contributed by atoms with Gasteiger partial charge < -0.3 is 14.6 Å². The predicted octanol–water partition coefficient (Wildman–Crippen LogP) is 6.82. The van der Waals surface area contributed by atoms with E-state index in [4.69, 9.17) is 21.3 Å². The van der Waals surface area contributed by atoms with Crippen LogP contribution in [0.3, 0.4) is 0 Å². The van der Waals surface area contributed by atoms with Crippen LogP contribution in [-0.4, -0.2) is 28.6 Å². The number of nitrogens with zero attached hydrogens (tertiary/aromatic N) is 2. The zero-order valence-electron chi connectivity index (χ0n) is 21.3. The van der Waals surface area contributed by atoms with Gasteiger partial charge in [0.05, 0.1) is 17.6 Å². The number of fused-ring (bicyclic) bond motifs is 1. The maximum Gasteiger partial charge on any atom is 0.251 e. The van der Waals surface area contributed by atoms with Gasteiger partial charge in [-0.15, -0.1) is 0 Å². The highest BCUT2D eigenvalue weighted by Crippen LogP contribution is 2.24. The lowest BCUT2D eigenvalue weighted by Gasteiger charge is -2.19. The summed E-state index contributed by atoms with van der Waals surface area (Å²) >= 11 is 6.01. The first-order valence-electron chi connectivity index (χ1n) is 12.5. The van der Waals surface area contributed by atoms with Gasteiger partial charge in [0.25, 0.3) is 5.91 Å². The fourth-order valence-electron chi connectivity index (χ4n) is 4.20. The molecular formula is C30H34ClN3O2. The van der Waals surface area contributed by atoms with Crippen molar-refractivity contribution in [3.8, 4) is 5.75 Å². The van der Waals surface area contributed by atoms with Crippen LogP contribution in [0.4, 0.5) is 0 Å². The minimum absolute atomic E-state index is 0.132. The van der Waals surface area contributed by atoms with E-state index in [9.17, 15) is 4.79 Å². The summed E-state index contributed by atoms with van der Waals surface area (Å²) in [6.07, 6.45) is 2.57. The molecule has 1 aromatic heterocycles. The van der Waals surface area contributed by atoms with Crippen molar-refractivity contribution in [1.29, 1.82) is 0 Å². The summed E-state index contributed by atoms with van der Waals surface area (Å²) < 4.78 is 8.23. The second-order valence-corrected chi connectivity index (χ2v) is 10.5. The van der Waals surface area contributed by atoms with Crippen molar-refractivity contribution in [2.24, 2.45) is 0 Å². The number of para-hydroxylation sites is 2. The van der Waals surface area contributed by atoms with E-state index in [1.54, 1.807) is 24.3 Å². The van der Waals surface area contributed by atoms with Gasteiger partial charge in [0.15, 0.2) is 0 Å². The lowest BCUT2D eigenvalue weighted by atomic mass is 9.87. The number of benzene rings is 3. The van der Waals surface area contributed by atoms with Crippen LogP contribution in [0.1, 0.15) is 55.4 Å². The standard InChI is InChI=1S/C30H34ClN3O2/c1-30(2,3)23-13-15-25(16-14-23)36-20-7-6-19-34-27-12-5-4-11-26(27)33-28(34)17-18-32-29(35)22-9-8-10-24(31)21-22/h4-5,8-16,21H,6-7,17-20H2,1-3H3,(H,32,35). The van der Waals surface area contributed by atoms with Gasteiger partial charge in [-0.05, 0) is 66.3 Å². The maximum absolute atomic E-state index is 12.5. The van der Waals surface area contributed by atoms with Crippen molar-refractivity contribution >= 4 is 28.5 Å². The summed E-state index contributed by atoms with van der Waals surface area (Å²) in [6, 6.07) is 23.5. The average molecular weight is 504 g/mol. The maximum atomic E-state index is 12.5. The van der Waals surface area contributed by atoms with Crippen LogP contribution < -0.4 is 10.1 Å². The summed E-state index contributed by atoms with van der Waals surface area (Å²) in [6.45, 7) is 8.66. The molecule has 1 N–H and O–H groups in total. The Labute approximate surface area is 218 Å². The number of aromatic nitrogens is 2. The molecule has 1 amide bonds. The van der Waals surface area contributed by atoms with E-state index in [1.165, 1.54) is 5.56 Å². The molecule has 0 bridgehead atoms. The number of nitrogens with one attached hydrogen (secondary N) is 1. The fourth-order valence-corrected chi connectivity index (χ4v) is 4.39. The van der Waals surface area contributed by atoms with E-state index >= 15 is 0 Å². The molecule has 0 saturated carbocycles. The molecule has 1 heterocycles. The molecule has 0 aliphatic heterocycles. The third-order valence-electron chi connectivity index (χ3n) is 6.22. The molecule has 0 atom stereocenters. The number of amides is 1. The van der Waals surface area contributed by atoms with Gasteiger partial charge in [-0.25, -0.2) is 4.98 Å². The summed E-state index contributed by atoms with van der Waals surface area (Å²) in [4.78, 5) is 17.3. The molecule has 4 aromatic rings. The van der Waals surface area contributed by atoms with Gasteiger partial charge in [0.2, 0.25) is 0 Å². The van der Waals surface area contributed by atoms with Crippen LogP contribution in [0.25, 0.3) is 11.0 Å². The predicted molar refractivity (Wildman–Crippen MR) is 147 cm³/mol. The Morgan fingerprint density at radius 3 is 2.53 bits per heavy atom. The van der Waals surface area contributed by atoms with Crippen LogP contribution in [0.15, 0.2) is 72.8 Å². The molecule has 4 rings (SSSR count). The molecule has 3 aromatic carbocycles. The number of unbranched alkanes of at least 4 members (excludes halogenated alkanes) is 1. The number of halogens is 1. The average Bonchev–Trinajstić information content (AvgIpc) is 3.21. The molecule has 0 spiro atoms. The normalized spacial score (nSPS) is 11.6. The summed E-state index contributed by atoms with van der Waals surface area (Å²) in [5.41, 5.74) is 4.10. The lowest BCUT2D eigenvalue weighted by Crippen LogP contribution is -2.26. The van der Waals surface area contributed by atoms with Crippen molar-refractivity contribution in [2.45, 2.75) is 52.0 Å². The van der Waals surface area contributed by atoms with Crippen LogP contribution >= 0.6 is 11.6 Å². The molecule has 0 fully saturated rings. The highest BCUT2D eigenvalue weighted by molar-refractivity contribution is 6.30. The minimum atomic E-state index is -0.132. The molecule has 6 heteroatoms. The van der Waals surface area contributed by atoms with Crippen LogP contribution in [0.2, 0.25) is 5.02 Å². The lowest BCUT2D eigenvalue weighted by molar-refractivity contribution is 0.0954. The summed E-state index contributed by atoms with van der Waals surface area (Å²) in [5, 5.41) is 3.53. The molecule has 5 nitrogen and oxygen atoms in total. The molecule has 0 radical (unpaired) electrons. The SMILES string of the molecule is CC(C)(C)c1ccc(OCCCCn2c(CCNC(=O)c3cccc(Cl)c3)nc3ccccc32)cc1. The Balaban J connectivity index is 1.31. The van der Waals surface area contributed by atoms with Gasteiger partial charge in [0, 0.05) is 30.1 Å². The summed E-state index contributed by atoms with van der Waals surface area (Å²) in [5.74, 6) is 1.75. The first-order chi connectivity index (χ1) is 17.3. The van der Waals surface area contributed by atoms with Gasteiger partial charge in [-0.3, -0.25) is 4.79 Å². The number of rotatable bonds is 10. The van der Waals surface area contributed by atoms with Gasteiger partial charge >= 0.3 is 0 Å². The van der Waals surface area contributed by atoms with Crippen molar-refractivity contribution in [3.05, 3.63) is 94.8 Å². The first-order valence-corrected chi connectivity index (χ1v) is 12.9. The number of carbonyl (C=O) groups excluding carboxylic acids is 1. The quantitative estimate of drug-likeness (QED) is 0.241. The fraction of sp³-hybridized carbons (Fsp3) is 0.333. The van der Waals surface area contributed by atoms with E-state index < -0.39 is 0 Å². The van der Waals surface area contributed by atoms with Crippen molar-refractivity contribution < 1.29 is 9.53 Å². The van der Waals surface area contributed by atoms with E-state index in [2.05, 4.69) is 61.0 Å². The Bertz CT molecular complexity index is 1310. The monoisotopic (exact) mass is 503 g/mol. The van der Waals surface area contributed by atoms with Crippen LogP contribution in [0.5, 0.6) is 5.75 Å². The number of hydrogen-bond donors (Lipinski definition) is 1. The second kappa shape index (κ2) is 11.6. The van der Waals surface area contributed by atoms with E-state index in [-0.39, 0.29) is 11.3 Å². The summed E-state index contributed by atoms with van der Waals surface area (Å²) in [7, 11) is 0. The number of aryl methyl sites for hydroxylation is 1. The van der Waals surface area contributed by atoms with Crippen molar-refractivity contribution in [1.82, 2.24) is 14.9 Å². The van der Waals surface area contributed by atoms with Crippen LogP contribution in [0, 0.1) is 0 Å². The third kappa shape index (κ3) is 6.67. The Hall–Kier alpha value is -3.31. The molecule has 188 valence electrons. The van der Waals surface area contributed by atoms with Gasteiger partial charge in [0.1, 0.15) is 11.6 Å². The third-order valence-corrected chi connectivity index (χ3v) is 6.45. The second-order valence-electron chi connectivity index (χ2n) is 10.0. The zero-order valence-corrected chi connectivity index (χ0v) is 22.0. The van der Waals surface area contributed by atoms with E-state index in [0.717, 1.165) is 42.0 Å². The van der Waals surface area contributed by atoms with E-state index in [1.807, 2.05) is 18.2 Å². The van der Waals surface area contributed by atoms with Crippen molar-refractivity contribution in [3.63, 3.8) is 0 Å². The number of hydrogen-bond acceptors (Lipinski definition) is 3. The van der Waals surface area contributed by atoms with Gasteiger partial charge in [-0.2, -0.15) is 0 Å². The molecular weight excluding hydrogens is 470 g/mol. The highest BCUT2D eigenvalue weighted by Gasteiger charge is 2.14. The molecule has 0 unspecified atom stereocenters. The van der Waals surface area contributed by atoms with Crippen molar-refractivity contribution in [2.75, 3.05) is 13.2 Å². The first kappa shape index (κ1) is 25.8. The zero-order chi connectivity index (χ0) is 25.5. The Morgan fingerprint density at radius 1 is 1.00 bits per heavy atom. The van der Waals surface area contributed by atoms with Gasteiger partial charge in [-0.1, -0.05) is 62.7 Å². The molecule has 36 heavy (non-hydrogen) atoms. The minimum Gasteiger partial charge on any atom is -0.494 e. The number of ether oxygens (including phenoxy) is 1. The molecule has 0 aliphatic carbocycles. The van der Waals surface area contributed by atoms with Crippen LogP contribution in [-0.2, 0) is 18.4 Å². The largest absolute Gasteiger partial charge is 0.494 e. The Kier molecular flexibility index (Phi) is 8.32. The molecule has 0 saturated heterocycles. The highest BCUT2D eigenvalue weighted by atomic mass is 35.5.